The van der Waals surface area contributed by atoms with Gasteiger partial charge in [-0.25, -0.2) is 8.42 Å². The first-order valence-electron chi connectivity index (χ1n) is 13.6. The summed E-state index contributed by atoms with van der Waals surface area (Å²) in [7, 11) is -10.0. The van der Waals surface area contributed by atoms with Crippen LogP contribution in [0.2, 0.25) is 0 Å². The van der Waals surface area contributed by atoms with Crippen molar-refractivity contribution >= 4 is 75.9 Å². The van der Waals surface area contributed by atoms with Crippen molar-refractivity contribution in [3.8, 4) is 16.9 Å². The molecule has 0 saturated heterocycles. The number of nitrogens with zero attached hydrogens (tertiary/aromatic N) is 4. The van der Waals surface area contributed by atoms with Gasteiger partial charge in [-0.15, -0.1) is 10.2 Å². The van der Waals surface area contributed by atoms with Crippen molar-refractivity contribution in [2.75, 3.05) is 11.5 Å². The van der Waals surface area contributed by atoms with Gasteiger partial charge in [0.05, 0.1) is 27.6 Å². The summed E-state index contributed by atoms with van der Waals surface area (Å²) in [6.07, 6.45) is 0. The van der Waals surface area contributed by atoms with Crippen LogP contribution < -0.4 is 75.7 Å². The van der Waals surface area contributed by atoms with E-state index in [-0.39, 0.29) is 75.6 Å². The van der Waals surface area contributed by atoms with Crippen molar-refractivity contribution in [2.24, 2.45) is 20.5 Å². The van der Waals surface area contributed by atoms with Crippen LogP contribution >= 0.6 is 0 Å². The number of hydrogen-bond acceptors (Lipinski definition) is 12. The molecule has 0 aliphatic rings. The summed E-state index contributed by atoms with van der Waals surface area (Å²) in [5.41, 5.74) is 14.6. The van der Waals surface area contributed by atoms with Gasteiger partial charge in [0.1, 0.15) is 15.0 Å². The summed E-state index contributed by atoms with van der Waals surface area (Å²) in [4.78, 5) is -1.71. The van der Waals surface area contributed by atoms with Crippen LogP contribution in [0.4, 0.5) is 34.1 Å². The molecule has 6 aromatic carbocycles. The molecule has 17 heteroatoms. The zero-order valence-corrected chi connectivity index (χ0v) is 31.6. The number of nitrogen functional groups attached to an aromatic ring is 2. The maximum absolute atomic E-state index is 13.2. The van der Waals surface area contributed by atoms with Crippen molar-refractivity contribution in [1.29, 1.82) is 0 Å². The molecular formula is C32H22N6Na2O7S2. The van der Waals surface area contributed by atoms with Gasteiger partial charge in [-0.3, -0.25) is 4.55 Å². The van der Waals surface area contributed by atoms with Gasteiger partial charge in [0.2, 0.25) is 0 Å². The van der Waals surface area contributed by atoms with Crippen LogP contribution in [0.15, 0.2) is 133 Å². The average molecular weight is 713 g/mol. The summed E-state index contributed by atoms with van der Waals surface area (Å²) in [6, 6.07) is 27.6. The van der Waals surface area contributed by atoms with Crippen LogP contribution in [-0.2, 0) is 20.2 Å². The Bertz CT molecular complexity index is 2500. The van der Waals surface area contributed by atoms with Crippen LogP contribution in [0.1, 0.15) is 0 Å². The maximum atomic E-state index is 13.2. The number of benzene rings is 6. The molecule has 0 unspecified atom stereocenters. The van der Waals surface area contributed by atoms with Gasteiger partial charge in [0, 0.05) is 22.1 Å². The molecule has 0 heterocycles. The third kappa shape index (κ3) is 8.19. The minimum Gasteiger partial charge on any atom is -0.870 e. The van der Waals surface area contributed by atoms with Crippen LogP contribution in [-0.4, -0.2) is 25.9 Å². The van der Waals surface area contributed by atoms with Crippen molar-refractivity contribution in [1.82, 2.24) is 0 Å². The zero-order chi connectivity index (χ0) is 33.5. The van der Waals surface area contributed by atoms with Crippen molar-refractivity contribution in [2.45, 2.75) is 9.79 Å². The minimum absolute atomic E-state index is 0. The first-order valence-corrected chi connectivity index (χ1v) is 16.5. The Hall–Kier alpha value is -3.74. The normalized spacial score (nSPS) is 12.0. The molecule has 0 saturated carbocycles. The SMILES string of the molecule is Nc1ccc(N=Nc2ccc(-c3ccc(N=Nc4c(S(=O)(=O)O)cc5cc(S(=O)(=O)[O-])cc(N)c5c4[O-])cc3)cc2)c2ccccc12.[Na+].[Na+]. The molecule has 0 fully saturated rings. The first kappa shape index (κ1) is 38.1. The van der Waals surface area contributed by atoms with Gasteiger partial charge in [0.15, 0.2) is 0 Å². The Balaban J connectivity index is 0.00000270. The van der Waals surface area contributed by atoms with E-state index in [0.29, 0.717) is 17.1 Å². The summed E-state index contributed by atoms with van der Waals surface area (Å²) in [5, 5.41) is 30.9. The van der Waals surface area contributed by atoms with E-state index in [0.717, 1.165) is 40.1 Å². The van der Waals surface area contributed by atoms with Gasteiger partial charge >= 0.3 is 59.1 Å². The molecule has 13 nitrogen and oxygen atoms in total. The predicted octanol–water partition coefficient (Wildman–Crippen LogP) is 0.888. The number of rotatable bonds is 7. The molecule has 0 aliphatic carbocycles. The number of nitrogens with two attached hydrogens (primary N) is 2. The molecule has 49 heavy (non-hydrogen) atoms. The summed E-state index contributed by atoms with van der Waals surface area (Å²) in [6.45, 7) is 0. The standard InChI is InChI=1S/C32H24N6O7S2.2Na/c33-26-13-14-28(25-4-2-1-3-24(25)26)37-35-21-9-5-18(6-10-21)19-7-11-22(12-8-19)36-38-31-29(47(43,44)45)16-20-15-23(46(40,41)42)17-27(34)30(20)32(31)39;;/h1-17,39H,33-34H2,(H,40,41,42)(H,43,44,45);;/q;2*+1/p-2. The minimum atomic E-state index is -5.03. The first-order chi connectivity index (χ1) is 22.3. The third-order valence-corrected chi connectivity index (χ3v) is 8.92. The molecule has 0 aromatic heterocycles. The van der Waals surface area contributed by atoms with Crippen LogP contribution in [0, 0.1) is 0 Å². The fourth-order valence-electron chi connectivity index (χ4n) is 4.96. The molecule has 0 bridgehead atoms. The van der Waals surface area contributed by atoms with Crippen LogP contribution in [0.25, 0.3) is 32.7 Å². The second-order valence-corrected chi connectivity index (χ2v) is 13.1. The van der Waals surface area contributed by atoms with Gasteiger partial charge in [-0.05, 0) is 76.5 Å². The monoisotopic (exact) mass is 712 g/mol. The Morgan fingerprint density at radius 2 is 1.18 bits per heavy atom. The second-order valence-electron chi connectivity index (χ2n) is 10.3. The van der Waals surface area contributed by atoms with E-state index < -0.39 is 47.2 Å². The average Bonchev–Trinajstić information content (AvgIpc) is 3.03. The molecule has 0 amide bonds. The molecule has 6 rings (SSSR count). The Kier molecular flexibility index (Phi) is 11.7. The topological polar surface area (TPSA) is 236 Å². The van der Waals surface area contributed by atoms with Crippen molar-refractivity contribution < 1.29 is 90.2 Å². The second kappa shape index (κ2) is 15.0. The van der Waals surface area contributed by atoms with Crippen LogP contribution in [0.5, 0.6) is 5.75 Å². The van der Waals surface area contributed by atoms with Crippen molar-refractivity contribution in [3.05, 3.63) is 103 Å². The summed E-state index contributed by atoms with van der Waals surface area (Å²) < 4.78 is 68.4. The van der Waals surface area contributed by atoms with E-state index in [4.69, 9.17) is 11.5 Å². The van der Waals surface area contributed by atoms with E-state index in [1.165, 1.54) is 0 Å². The molecule has 5 N–H and O–H groups in total. The zero-order valence-electron chi connectivity index (χ0n) is 26.0. The van der Waals surface area contributed by atoms with Gasteiger partial charge in [-0.2, -0.15) is 18.6 Å². The Morgan fingerprint density at radius 3 is 1.73 bits per heavy atom. The molecular weight excluding hydrogens is 691 g/mol. The molecule has 0 aliphatic heterocycles. The van der Waals surface area contributed by atoms with E-state index in [9.17, 15) is 31.0 Å². The maximum Gasteiger partial charge on any atom is 1.00 e. The number of anilines is 2. The molecule has 6 aromatic rings. The molecule has 236 valence electrons. The van der Waals surface area contributed by atoms with Gasteiger partial charge in [0.25, 0.3) is 10.1 Å². The quantitative estimate of drug-likeness (QED) is 0.0921. The largest absolute Gasteiger partial charge is 1.00 e. The van der Waals surface area contributed by atoms with E-state index in [1.54, 1.807) is 42.5 Å². The predicted molar refractivity (Wildman–Crippen MR) is 174 cm³/mol. The van der Waals surface area contributed by atoms with Crippen LogP contribution in [0.3, 0.4) is 0 Å². The third-order valence-electron chi connectivity index (χ3n) is 7.24. The molecule has 0 radical (unpaired) electrons. The molecule has 0 spiro atoms. The van der Waals surface area contributed by atoms with E-state index in [2.05, 4.69) is 20.5 Å². The van der Waals surface area contributed by atoms with Gasteiger partial charge in [-0.1, -0.05) is 54.3 Å². The summed E-state index contributed by atoms with van der Waals surface area (Å²) >= 11 is 0. The summed E-state index contributed by atoms with van der Waals surface area (Å²) in [5.74, 6) is -1.04. The Morgan fingerprint density at radius 1 is 0.633 bits per heavy atom. The van der Waals surface area contributed by atoms with E-state index in [1.807, 2.05) is 42.5 Å². The number of hydrogen-bond donors (Lipinski definition) is 3. The fraction of sp³-hybridized carbons (Fsp3) is 0. The number of fused-ring (bicyclic) bond motifs is 2. The van der Waals surface area contributed by atoms with E-state index >= 15 is 0 Å². The Labute approximate surface area is 324 Å². The van der Waals surface area contributed by atoms with Gasteiger partial charge < -0.3 is 21.1 Å². The van der Waals surface area contributed by atoms with Crippen molar-refractivity contribution in [3.63, 3.8) is 0 Å². The number of azo groups is 2. The smallest absolute Gasteiger partial charge is 0.870 e. The fourth-order valence-corrected chi connectivity index (χ4v) is 6.16. The molecule has 0 atom stereocenters.